The topological polar surface area (TPSA) is 64.9 Å². The van der Waals surface area contributed by atoms with Gasteiger partial charge in [0, 0.05) is 6.04 Å². The number of anilines is 1. The van der Waals surface area contributed by atoms with E-state index in [0.29, 0.717) is 5.69 Å². The Balaban J connectivity index is 2.01. The Bertz CT molecular complexity index is 277. The summed E-state index contributed by atoms with van der Waals surface area (Å²) in [5.41, 5.74) is 13.2. The molecule has 1 unspecified atom stereocenters. The zero-order chi connectivity index (χ0) is 9.26. The van der Waals surface area contributed by atoms with Crippen LogP contribution in [0, 0.1) is 5.92 Å². The highest BCUT2D eigenvalue weighted by atomic mass is 14.8. The standard InChI is InChI=1S/C10H15N3/c11-8-3-4-10(13-6-8)9(12)5-7-1-2-7/h3-4,6-7,9H,1-2,5,11-12H2. The molecule has 1 aromatic rings. The van der Waals surface area contributed by atoms with E-state index < -0.39 is 0 Å². The minimum Gasteiger partial charge on any atom is -0.397 e. The van der Waals surface area contributed by atoms with Crippen molar-refractivity contribution in [2.45, 2.75) is 25.3 Å². The van der Waals surface area contributed by atoms with E-state index in [4.69, 9.17) is 11.5 Å². The first-order chi connectivity index (χ1) is 6.25. The molecular formula is C10H15N3. The van der Waals surface area contributed by atoms with E-state index in [1.54, 1.807) is 6.20 Å². The number of aromatic nitrogens is 1. The van der Waals surface area contributed by atoms with E-state index in [1.165, 1.54) is 12.8 Å². The average molecular weight is 177 g/mol. The van der Waals surface area contributed by atoms with Crippen molar-refractivity contribution in [3.8, 4) is 0 Å². The van der Waals surface area contributed by atoms with Crippen LogP contribution in [0.15, 0.2) is 18.3 Å². The fraction of sp³-hybridized carbons (Fsp3) is 0.500. The van der Waals surface area contributed by atoms with Crippen molar-refractivity contribution >= 4 is 5.69 Å². The van der Waals surface area contributed by atoms with Crippen LogP contribution in [0.2, 0.25) is 0 Å². The van der Waals surface area contributed by atoms with Gasteiger partial charge in [-0.2, -0.15) is 0 Å². The molecule has 0 spiro atoms. The van der Waals surface area contributed by atoms with Crippen LogP contribution in [0.5, 0.6) is 0 Å². The van der Waals surface area contributed by atoms with Crippen LogP contribution in [0.4, 0.5) is 5.69 Å². The molecule has 1 aliphatic carbocycles. The summed E-state index contributed by atoms with van der Waals surface area (Å²) >= 11 is 0. The Morgan fingerprint density at radius 1 is 1.46 bits per heavy atom. The molecule has 70 valence electrons. The van der Waals surface area contributed by atoms with Crippen molar-refractivity contribution in [2.24, 2.45) is 11.7 Å². The van der Waals surface area contributed by atoms with E-state index in [0.717, 1.165) is 18.0 Å². The van der Waals surface area contributed by atoms with Crippen molar-refractivity contribution in [3.63, 3.8) is 0 Å². The second-order valence-corrected chi connectivity index (χ2v) is 3.80. The lowest BCUT2D eigenvalue weighted by Crippen LogP contribution is -2.12. The number of hydrogen-bond donors (Lipinski definition) is 2. The van der Waals surface area contributed by atoms with E-state index in [2.05, 4.69) is 4.98 Å². The van der Waals surface area contributed by atoms with Gasteiger partial charge in [0.05, 0.1) is 17.6 Å². The summed E-state index contributed by atoms with van der Waals surface area (Å²) in [6.45, 7) is 0. The van der Waals surface area contributed by atoms with Crippen LogP contribution in [0.25, 0.3) is 0 Å². The lowest BCUT2D eigenvalue weighted by molar-refractivity contribution is 0.584. The highest BCUT2D eigenvalue weighted by molar-refractivity contribution is 5.35. The van der Waals surface area contributed by atoms with Gasteiger partial charge < -0.3 is 11.5 Å². The minimum atomic E-state index is 0.0908. The third-order valence-corrected chi connectivity index (χ3v) is 2.47. The quantitative estimate of drug-likeness (QED) is 0.734. The Hall–Kier alpha value is -1.09. The predicted molar refractivity (Wildman–Crippen MR) is 52.9 cm³/mol. The lowest BCUT2D eigenvalue weighted by atomic mass is 10.1. The number of rotatable bonds is 3. The maximum Gasteiger partial charge on any atom is 0.0572 e. The SMILES string of the molecule is Nc1ccc(C(N)CC2CC2)nc1. The van der Waals surface area contributed by atoms with Crippen LogP contribution >= 0.6 is 0 Å². The number of pyridine rings is 1. The number of hydrogen-bond acceptors (Lipinski definition) is 3. The molecule has 13 heavy (non-hydrogen) atoms. The summed E-state index contributed by atoms with van der Waals surface area (Å²) in [5, 5.41) is 0. The molecule has 1 aliphatic rings. The van der Waals surface area contributed by atoms with Crippen LogP contribution < -0.4 is 11.5 Å². The molecule has 3 nitrogen and oxygen atoms in total. The summed E-state index contributed by atoms with van der Waals surface area (Å²) < 4.78 is 0. The maximum absolute atomic E-state index is 5.98. The summed E-state index contributed by atoms with van der Waals surface area (Å²) in [4.78, 5) is 4.21. The number of nitrogen functional groups attached to an aromatic ring is 1. The highest BCUT2D eigenvalue weighted by Gasteiger charge is 2.24. The first-order valence-electron chi connectivity index (χ1n) is 4.72. The van der Waals surface area contributed by atoms with E-state index in [1.807, 2.05) is 12.1 Å². The molecule has 0 saturated heterocycles. The lowest BCUT2D eigenvalue weighted by Gasteiger charge is -2.09. The molecule has 2 rings (SSSR count). The summed E-state index contributed by atoms with van der Waals surface area (Å²) in [6.07, 6.45) is 5.41. The van der Waals surface area contributed by atoms with Crippen molar-refractivity contribution in [1.29, 1.82) is 0 Å². The van der Waals surface area contributed by atoms with Gasteiger partial charge in [0.1, 0.15) is 0 Å². The van der Waals surface area contributed by atoms with Crippen molar-refractivity contribution in [1.82, 2.24) is 4.98 Å². The van der Waals surface area contributed by atoms with Gasteiger partial charge in [0.25, 0.3) is 0 Å². The van der Waals surface area contributed by atoms with Gasteiger partial charge in [0.2, 0.25) is 0 Å². The monoisotopic (exact) mass is 177 g/mol. The third kappa shape index (κ3) is 2.18. The molecule has 1 heterocycles. The largest absolute Gasteiger partial charge is 0.397 e. The minimum absolute atomic E-state index is 0.0908. The Kier molecular flexibility index (Phi) is 2.19. The van der Waals surface area contributed by atoms with Gasteiger partial charge in [-0.15, -0.1) is 0 Å². The van der Waals surface area contributed by atoms with Gasteiger partial charge >= 0.3 is 0 Å². The summed E-state index contributed by atoms with van der Waals surface area (Å²) in [6, 6.07) is 3.87. The molecule has 1 aromatic heterocycles. The van der Waals surface area contributed by atoms with Gasteiger partial charge in [-0.05, 0) is 24.5 Å². The van der Waals surface area contributed by atoms with Gasteiger partial charge in [-0.25, -0.2) is 0 Å². The summed E-state index contributed by atoms with van der Waals surface area (Å²) in [5.74, 6) is 0.842. The van der Waals surface area contributed by atoms with E-state index in [9.17, 15) is 0 Å². The van der Waals surface area contributed by atoms with Crippen molar-refractivity contribution < 1.29 is 0 Å². The molecular weight excluding hydrogens is 162 g/mol. The molecule has 0 aliphatic heterocycles. The summed E-state index contributed by atoms with van der Waals surface area (Å²) in [7, 11) is 0. The first-order valence-corrected chi connectivity index (χ1v) is 4.72. The normalized spacial score (nSPS) is 18.5. The Morgan fingerprint density at radius 3 is 2.77 bits per heavy atom. The second kappa shape index (κ2) is 3.34. The fourth-order valence-electron chi connectivity index (χ4n) is 1.47. The van der Waals surface area contributed by atoms with Crippen LogP contribution in [0.3, 0.4) is 0 Å². The van der Waals surface area contributed by atoms with Gasteiger partial charge in [0.15, 0.2) is 0 Å². The van der Waals surface area contributed by atoms with Crippen LogP contribution in [-0.4, -0.2) is 4.98 Å². The predicted octanol–water partition coefficient (Wildman–Crippen LogP) is 1.46. The van der Waals surface area contributed by atoms with Crippen LogP contribution in [0.1, 0.15) is 31.0 Å². The molecule has 3 heteroatoms. The Labute approximate surface area is 78.1 Å². The van der Waals surface area contributed by atoms with Crippen molar-refractivity contribution in [3.05, 3.63) is 24.0 Å². The number of nitrogens with zero attached hydrogens (tertiary/aromatic N) is 1. The van der Waals surface area contributed by atoms with E-state index >= 15 is 0 Å². The molecule has 0 radical (unpaired) electrons. The zero-order valence-corrected chi connectivity index (χ0v) is 7.61. The molecule has 1 fully saturated rings. The molecule has 0 amide bonds. The highest BCUT2D eigenvalue weighted by Crippen LogP contribution is 2.36. The molecule has 1 atom stereocenters. The molecule has 4 N–H and O–H groups in total. The maximum atomic E-state index is 5.98. The molecule has 1 saturated carbocycles. The second-order valence-electron chi connectivity index (χ2n) is 3.80. The smallest absolute Gasteiger partial charge is 0.0572 e. The third-order valence-electron chi connectivity index (χ3n) is 2.47. The average Bonchev–Trinajstić information content (AvgIpc) is 2.89. The Morgan fingerprint density at radius 2 is 2.23 bits per heavy atom. The zero-order valence-electron chi connectivity index (χ0n) is 7.61. The molecule has 0 aromatic carbocycles. The van der Waals surface area contributed by atoms with Gasteiger partial charge in [-0.1, -0.05) is 12.8 Å². The number of nitrogens with two attached hydrogens (primary N) is 2. The first kappa shape index (κ1) is 8.51. The van der Waals surface area contributed by atoms with Crippen LogP contribution in [-0.2, 0) is 0 Å². The fourth-order valence-corrected chi connectivity index (χ4v) is 1.47. The van der Waals surface area contributed by atoms with Crippen molar-refractivity contribution in [2.75, 3.05) is 5.73 Å². The molecule has 0 bridgehead atoms. The van der Waals surface area contributed by atoms with Gasteiger partial charge in [-0.3, -0.25) is 4.98 Å². The van der Waals surface area contributed by atoms with E-state index in [-0.39, 0.29) is 6.04 Å².